The molecule has 1 aliphatic heterocycles. The summed E-state index contributed by atoms with van der Waals surface area (Å²) in [4.78, 5) is 62.7. The average Bonchev–Trinajstić information content (AvgIpc) is 3.70. The van der Waals surface area contributed by atoms with Crippen LogP contribution in [0, 0.1) is 35.0 Å². The molecule has 0 bridgehead atoms. The molecule has 61 heavy (non-hydrogen) atoms. The number of methoxy groups -OCH3 is 2. The number of benzene rings is 2. The number of ketones is 1. The Morgan fingerprint density at radius 1 is 0.820 bits per heavy atom. The summed E-state index contributed by atoms with van der Waals surface area (Å²) in [6.45, 7) is 21.4. The molecule has 342 valence electrons. The van der Waals surface area contributed by atoms with Crippen LogP contribution in [0.4, 0.5) is 0 Å². The third-order valence-corrected chi connectivity index (χ3v) is 13.2. The highest BCUT2D eigenvalue weighted by atomic mass is 16.5. The summed E-state index contributed by atoms with van der Waals surface area (Å²) in [5.74, 6) is -1.23. The molecule has 10 nitrogen and oxygen atoms in total. The van der Waals surface area contributed by atoms with E-state index < -0.39 is 30.1 Å². The van der Waals surface area contributed by atoms with E-state index in [1.807, 2.05) is 82.8 Å². The molecule has 0 aromatic heterocycles. The summed E-state index contributed by atoms with van der Waals surface area (Å²) < 4.78 is 12.3. The van der Waals surface area contributed by atoms with Crippen molar-refractivity contribution in [3.63, 3.8) is 0 Å². The monoisotopic (exact) mass is 847 g/mol. The van der Waals surface area contributed by atoms with Crippen LogP contribution in [0.1, 0.15) is 131 Å². The molecular weight excluding hydrogens is 765 g/mol. The Hall–Kier alpha value is -3.60. The van der Waals surface area contributed by atoms with Crippen molar-refractivity contribution in [1.29, 1.82) is 0 Å². The Morgan fingerprint density at radius 3 is 1.87 bits per heavy atom. The predicted octanol–water partition coefficient (Wildman–Crippen LogP) is 8.80. The van der Waals surface area contributed by atoms with Crippen LogP contribution in [0.3, 0.4) is 0 Å². The molecule has 10 heteroatoms. The molecule has 2 unspecified atom stereocenters. The highest BCUT2D eigenvalue weighted by Crippen LogP contribution is 2.41. The first-order valence-corrected chi connectivity index (χ1v) is 22.9. The Bertz CT molecular complexity index is 1650. The standard InChI is InChI=1S/C51H82N4O6/c1-16-35(6)47(54(13)50(59)39(33(2)3)30-42(56)46(34(4)5)53(11)12)43(60-14)31-44(57)55-29-23-28-41(55)48(61-15)36(7)49(58)52-45(38-26-21-18-22-27-38)40(32-51(8,9)10)37-24-19-17-20-25-37/h17-22,24-27,33-36,39-41,43,45-48H,16,23,28-32H2,1-15H3,(H,52,58)/t35-,36+,39-,40?,41-,43+,45-,46-,47?,48+/m1/s1. The number of ether oxygens (including phenoxy) is 2. The van der Waals surface area contributed by atoms with Gasteiger partial charge >= 0.3 is 0 Å². The number of likely N-dealkylation sites (tertiary alicyclic amines) is 1. The van der Waals surface area contributed by atoms with Gasteiger partial charge in [0.25, 0.3) is 0 Å². The number of carbonyl (C=O) groups is 4. The lowest BCUT2D eigenvalue weighted by Crippen LogP contribution is -2.54. The Kier molecular flexibility index (Phi) is 20.1. The minimum absolute atomic E-state index is 0.00203. The molecule has 0 radical (unpaired) electrons. The molecule has 1 saturated heterocycles. The fraction of sp³-hybridized carbons (Fsp3) is 0.686. The van der Waals surface area contributed by atoms with Gasteiger partial charge < -0.3 is 24.6 Å². The molecule has 10 atom stereocenters. The summed E-state index contributed by atoms with van der Waals surface area (Å²) >= 11 is 0. The maximum atomic E-state index is 14.5. The van der Waals surface area contributed by atoms with Crippen LogP contribution in [0.2, 0.25) is 0 Å². The largest absolute Gasteiger partial charge is 0.379 e. The van der Waals surface area contributed by atoms with Crippen LogP contribution in [-0.2, 0) is 28.7 Å². The van der Waals surface area contributed by atoms with E-state index in [1.165, 1.54) is 5.56 Å². The number of hydrogen-bond acceptors (Lipinski definition) is 7. The van der Waals surface area contributed by atoms with Gasteiger partial charge in [-0.25, -0.2) is 0 Å². The van der Waals surface area contributed by atoms with Crippen LogP contribution in [0.25, 0.3) is 0 Å². The van der Waals surface area contributed by atoms with E-state index in [2.05, 4.69) is 76.3 Å². The molecule has 3 amide bonds. The molecule has 1 fully saturated rings. The van der Waals surface area contributed by atoms with Crippen molar-refractivity contribution in [1.82, 2.24) is 20.0 Å². The second kappa shape index (κ2) is 23.7. The minimum Gasteiger partial charge on any atom is -0.379 e. The van der Waals surface area contributed by atoms with Crippen molar-refractivity contribution in [2.24, 2.45) is 35.0 Å². The molecule has 1 heterocycles. The van der Waals surface area contributed by atoms with Gasteiger partial charge in [-0.05, 0) is 67.7 Å². The lowest BCUT2D eigenvalue weighted by molar-refractivity contribution is -0.149. The Labute approximate surface area is 369 Å². The average molecular weight is 847 g/mol. The van der Waals surface area contributed by atoms with Gasteiger partial charge in [0.15, 0.2) is 5.78 Å². The number of hydrogen-bond donors (Lipinski definition) is 1. The summed E-state index contributed by atoms with van der Waals surface area (Å²) in [5, 5.41) is 3.48. The van der Waals surface area contributed by atoms with Gasteiger partial charge in [0.05, 0.1) is 48.7 Å². The number of Topliss-reactive ketones (excluding diaryl/α,β-unsaturated/α-hetero) is 1. The van der Waals surface area contributed by atoms with E-state index in [0.29, 0.717) is 13.0 Å². The lowest BCUT2D eigenvalue weighted by Gasteiger charge is -2.41. The molecular formula is C51H82N4O6. The van der Waals surface area contributed by atoms with Crippen LogP contribution in [0.5, 0.6) is 0 Å². The Balaban J connectivity index is 1.88. The van der Waals surface area contributed by atoms with Gasteiger partial charge in [0.2, 0.25) is 17.7 Å². The van der Waals surface area contributed by atoms with E-state index in [4.69, 9.17) is 9.47 Å². The molecule has 1 aliphatic rings. The highest BCUT2D eigenvalue weighted by Gasteiger charge is 2.44. The van der Waals surface area contributed by atoms with Crippen molar-refractivity contribution < 1.29 is 28.7 Å². The number of carbonyl (C=O) groups excluding carboxylic acids is 4. The maximum Gasteiger partial charge on any atom is 0.226 e. The van der Waals surface area contributed by atoms with Gasteiger partial charge in [0.1, 0.15) is 0 Å². The zero-order chi connectivity index (χ0) is 45.8. The predicted molar refractivity (Wildman–Crippen MR) is 247 cm³/mol. The summed E-state index contributed by atoms with van der Waals surface area (Å²) in [6, 6.07) is 19.3. The summed E-state index contributed by atoms with van der Waals surface area (Å²) in [6.07, 6.45) is 2.22. The van der Waals surface area contributed by atoms with Crippen LogP contribution >= 0.6 is 0 Å². The highest BCUT2D eigenvalue weighted by molar-refractivity contribution is 5.90. The van der Waals surface area contributed by atoms with Gasteiger partial charge in [-0.15, -0.1) is 0 Å². The molecule has 0 saturated carbocycles. The van der Waals surface area contributed by atoms with Gasteiger partial charge in [-0.3, -0.25) is 24.1 Å². The van der Waals surface area contributed by atoms with Crippen molar-refractivity contribution in [3.05, 3.63) is 71.8 Å². The van der Waals surface area contributed by atoms with Crippen molar-refractivity contribution >= 4 is 23.5 Å². The molecule has 2 aromatic rings. The third-order valence-electron chi connectivity index (χ3n) is 13.2. The topological polar surface area (TPSA) is 108 Å². The van der Waals surface area contributed by atoms with Gasteiger partial charge in [-0.2, -0.15) is 0 Å². The molecule has 2 aromatic carbocycles. The number of likely N-dealkylation sites (N-methyl/N-ethyl adjacent to an activating group) is 2. The van der Waals surface area contributed by atoms with Crippen LogP contribution < -0.4 is 5.32 Å². The SMILES string of the molecule is CC[C@@H](C)C([C@H](CC(=O)N1CCC[C@@H]1[C@@H](OC)[C@H](C)C(=O)N[C@H](c1ccccc1)C(CC(C)(C)C)c1ccccc1)OC)N(C)C(=O)[C@H](CC(=O)[C@@H](C(C)C)N(C)C)C(C)C. The molecule has 3 rings (SSSR count). The number of nitrogens with zero attached hydrogens (tertiary/aromatic N) is 3. The second-order valence-corrected chi connectivity index (χ2v) is 19.9. The third kappa shape index (κ3) is 13.9. The normalized spacial score (nSPS) is 19.2. The summed E-state index contributed by atoms with van der Waals surface area (Å²) in [5.41, 5.74) is 2.21. The van der Waals surface area contributed by atoms with Crippen molar-refractivity contribution in [2.75, 3.05) is 41.9 Å². The van der Waals surface area contributed by atoms with E-state index in [1.54, 1.807) is 26.2 Å². The van der Waals surface area contributed by atoms with E-state index in [0.717, 1.165) is 24.8 Å². The minimum atomic E-state index is -0.586. The molecule has 0 aliphatic carbocycles. The van der Waals surface area contributed by atoms with Crippen LogP contribution in [-0.4, -0.2) is 110 Å². The summed E-state index contributed by atoms with van der Waals surface area (Å²) in [7, 11) is 8.86. The Morgan fingerprint density at radius 2 is 1.39 bits per heavy atom. The van der Waals surface area contributed by atoms with E-state index in [9.17, 15) is 19.2 Å². The van der Waals surface area contributed by atoms with Crippen LogP contribution in [0.15, 0.2) is 60.7 Å². The first-order valence-electron chi connectivity index (χ1n) is 22.9. The number of amides is 3. The van der Waals surface area contributed by atoms with Crippen molar-refractivity contribution in [2.45, 2.75) is 150 Å². The smallest absolute Gasteiger partial charge is 0.226 e. The number of rotatable bonds is 23. The fourth-order valence-electron chi connectivity index (χ4n) is 9.92. The van der Waals surface area contributed by atoms with Gasteiger partial charge in [0, 0.05) is 46.1 Å². The molecule has 0 spiro atoms. The number of nitrogens with one attached hydrogen (secondary N) is 1. The lowest BCUT2D eigenvalue weighted by atomic mass is 9.76. The first-order chi connectivity index (χ1) is 28.7. The quantitative estimate of drug-likeness (QED) is 0.119. The second-order valence-electron chi connectivity index (χ2n) is 19.9. The van der Waals surface area contributed by atoms with Crippen molar-refractivity contribution in [3.8, 4) is 0 Å². The zero-order valence-corrected chi connectivity index (χ0v) is 40.4. The first kappa shape index (κ1) is 51.7. The van der Waals surface area contributed by atoms with E-state index in [-0.39, 0.29) is 83.6 Å². The van der Waals surface area contributed by atoms with E-state index >= 15 is 0 Å². The van der Waals surface area contributed by atoms with Gasteiger partial charge in [-0.1, -0.05) is 136 Å². The maximum absolute atomic E-state index is 14.5. The molecule has 1 N–H and O–H groups in total. The fourth-order valence-corrected chi connectivity index (χ4v) is 9.92. The zero-order valence-electron chi connectivity index (χ0n) is 40.4.